The molecule has 1 aromatic heterocycles. The van der Waals surface area contributed by atoms with E-state index in [9.17, 15) is 4.79 Å². The van der Waals surface area contributed by atoms with Crippen LogP contribution in [0.15, 0.2) is 58.4 Å². The van der Waals surface area contributed by atoms with Gasteiger partial charge in [0, 0.05) is 21.5 Å². The first-order valence-electron chi connectivity index (χ1n) is 6.01. The molecule has 5 heteroatoms. The van der Waals surface area contributed by atoms with E-state index in [2.05, 4.69) is 26.2 Å². The highest BCUT2D eigenvalue weighted by molar-refractivity contribution is 9.10. The molecule has 1 amide bonds. The smallest absolute Gasteiger partial charge is 0.250 e. The number of hydrogen-bond acceptors (Lipinski definition) is 3. The second kappa shape index (κ2) is 7.17. The molecule has 0 radical (unpaired) electrons. The fourth-order valence-electron chi connectivity index (χ4n) is 1.51. The average Bonchev–Trinajstić information content (AvgIpc) is 2.87. The van der Waals surface area contributed by atoms with E-state index in [-0.39, 0.29) is 5.91 Å². The van der Waals surface area contributed by atoms with Gasteiger partial charge in [-0.1, -0.05) is 46.3 Å². The molecule has 0 aliphatic rings. The van der Waals surface area contributed by atoms with Crippen LogP contribution in [0.2, 0.25) is 0 Å². The summed E-state index contributed by atoms with van der Waals surface area (Å²) in [4.78, 5) is 16.0. The molecule has 20 heavy (non-hydrogen) atoms. The Labute approximate surface area is 130 Å². The van der Waals surface area contributed by atoms with Crippen molar-refractivity contribution in [3.05, 3.63) is 58.4 Å². The van der Waals surface area contributed by atoms with E-state index in [1.807, 2.05) is 42.6 Å². The lowest BCUT2D eigenvalue weighted by molar-refractivity contribution is -0.111. The maximum Gasteiger partial charge on any atom is 0.250 e. The van der Waals surface area contributed by atoms with Crippen LogP contribution < -0.4 is 5.32 Å². The Bertz CT molecular complexity index is 661. The number of benzene rings is 1. The fourth-order valence-corrected chi connectivity index (χ4v) is 2.63. The third kappa shape index (κ3) is 4.15. The maximum atomic E-state index is 11.6. The van der Waals surface area contributed by atoms with Gasteiger partial charge in [-0.3, -0.25) is 10.1 Å². The summed E-state index contributed by atoms with van der Waals surface area (Å²) >= 11 is 4.84. The second-order valence-corrected chi connectivity index (χ2v) is 5.70. The monoisotopic (exact) mass is 348 g/mol. The van der Waals surface area contributed by atoms with E-state index in [0.29, 0.717) is 5.13 Å². The number of aromatic nitrogens is 1. The van der Waals surface area contributed by atoms with Crippen molar-refractivity contribution >= 4 is 38.3 Å². The largest absolute Gasteiger partial charge is 0.298 e. The van der Waals surface area contributed by atoms with Crippen LogP contribution in [0.3, 0.4) is 0 Å². The summed E-state index contributed by atoms with van der Waals surface area (Å²) in [6.45, 7) is 1.90. The lowest BCUT2D eigenvalue weighted by Gasteiger charge is -1.97. The Morgan fingerprint density at radius 1 is 1.40 bits per heavy atom. The predicted molar refractivity (Wildman–Crippen MR) is 87.8 cm³/mol. The number of anilines is 1. The average molecular weight is 349 g/mol. The second-order valence-electron chi connectivity index (χ2n) is 3.92. The summed E-state index contributed by atoms with van der Waals surface area (Å²) in [5.74, 6) is -0.182. The van der Waals surface area contributed by atoms with Gasteiger partial charge >= 0.3 is 0 Å². The predicted octanol–water partition coefficient (Wildman–Crippen LogP) is 4.64. The molecule has 0 saturated carbocycles. The molecule has 0 aliphatic heterocycles. The third-order valence-corrected chi connectivity index (χ3v) is 3.66. The number of nitrogens with one attached hydrogen (secondary N) is 1. The number of nitrogens with zero attached hydrogens (tertiary/aromatic N) is 1. The van der Waals surface area contributed by atoms with Crippen molar-refractivity contribution in [3.8, 4) is 11.3 Å². The van der Waals surface area contributed by atoms with Gasteiger partial charge in [0.05, 0.1) is 5.69 Å². The molecule has 1 aromatic carbocycles. The summed E-state index contributed by atoms with van der Waals surface area (Å²) in [7, 11) is 0. The highest BCUT2D eigenvalue weighted by Crippen LogP contribution is 2.26. The number of thiazole rings is 1. The molecule has 0 atom stereocenters. The zero-order valence-electron chi connectivity index (χ0n) is 10.8. The maximum absolute atomic E-state index is 11.6. The normalized spacial score (nSPS) is 11.3. The standard InChI is InChI=1S/C15H13BrN2OS/c1-2-3-4-8-14(19)18-15-17-13(10-20-15)11-6-5-7-12(16)9-11/h2-10H,1H3,(H,17,18,19)/b3-2+,8-4+. The Kier molecular flexibility index (Phi) is 5.26. The van der Waals surface area contributed by atoms with Crippen LogP contribution in [0.25, 0.3) is 11.3 Å². The van der Waals surface area contributed by atoms with E-state index in [0.717, 1.165) is 15.7 Å². The first-order valence-corrected chi connectivity index (χ1v) is 7.68. The van der Waals surface area contributed by atoms with Gasteiger partial charge in [-0.15, -0.1) is 11.3 Å². The highest BCUT2D eigenvalue weighted by Gasteiger charge is 2.06. The minimum absolute atomic E-state index is 0.182. The fraction of sp³-hybridized carbons (Fsp3) is 0.0667. The zero-order valence-corrected chi connectivity index (χ0v) is 13.2. The Balaban J connectivity index is 2.08. The molecule has 3 nitrogen and oxygen atoms in total. The van der Waals surface area contributed by atoms with Crippen LogP contribution in [0, 0.1) is 0 Å². The third-order valence-electron chi connectivity index (χ3n) is 2.41. The molecular weight excluding hydrogens is 336 g/mol. The first-order chi connectivity index (χ1) is 9.69. The van der Waals surface area contributed by atoms with Crippen molar-refractivity contribution in [2.45, 2.75) is 6.92 Å². The Hall–Kier alpha value is -1.72. The van der Waals surface area contributed by atoms with Crippen molar-refractivity contribution in [1.29, 1.82) is 0 Å². The van der Waals surface area contributed by atoms with E-state index in [1.165, 1.54) is 17.4 Å². The van der Waals surface area contributed by atoms with Crippen LogP contribution in [0.5, 0.6) is 0 Å². The Morgan fingerprint density at radius 3 is 3.00 bits per heavy atom. The molecular formula is C15H13BrN2OS. The summed E-state index contributed by atoms with van der Waals surface area (Å²) in [6.07, 6.45) is 6.82. The van der Waals surface area contributed by atoms with E-state index >= 15 is 0 Å². The van der Waals surface area contributed by atoms with Crippen molar-refractivity contribution in [3.63, 3.8) is 0 Å². The van der Waals surface area contributed by atoms with Crippen LogP contribution >= 0.6 is 27.3 Å². The number of hydrogen-bond donors (Lipinski definition) is 1. The quantitative estimate of drug-likeness (QED) is 0.645. The lowest BCUT2D eigenvalue weighted by atomic mass is 10.2. The molecule has 0 aliphatic carbocycles. The number of carbonyl (C=O) groups excluding carboxylic acids is 1. The topological polar surface area (TPSA) is 42.0 Å². The summed E-state index contributed by atoms with van der Waals surface area (Å²) < 4.78 is 1.00. The molecule has 2 rings (SSSR count). The van der Waals surface area contributed by atoms with Crippen LogP contribution in [-0.2, 0) is 4.79 Å². The number of allylic oxidation sites excluding steroid dienone is 3. The van der Waals surface area contributed by atoms with Gasteiger partial charge in [-0.25, -0.2) is 4.98 Å². The summed E-state index contributed by atoms with van der Waals surface area (Å²) in [5, 5.41) is 5.26. The molecule has 0 spiro atoms. The van der Waals surface area contributed by atoms with Crippen molar-refractivity contribution in [2.24, 2.45) is 0 Å². The minimum Gasteiger partial charge on any atom is -0.298 e. The van der Waals surface area contributed by atoms with Crippen molar-refractivity contribution in [1.82, 2.24) is 4.98 Å². The first kappa shape index (κ1) is 14.7. The minimum atomic E-state index is -0.182. The number of halogens is 1. The number of amides is 1. The summed E-state index contributed by atoms with van der Waals surface area (Å²) in [5.41, 5.74) is 1.87. The van der Waals surface area contributed by atoms with Gasteiger partial charge in [0.2, 0.25) is 5.91 Å². The molecule has 0 saturated heterocycles. The SMILES string of the molecule is C/C=C/C=C/C(=O)Nc1nc(-c2cccc(Br)c2)cs1. The van der Waals surface area contributed by atoms with Gasteiger partial charge in [-0.05, 0) is 19.1 Å². The van der Waals surface area contributed by atoms with Gasteiger partial charge < -0.3 is 0 Å². The van der Waals surface area contributed by atoms with E-state index < -0.39 is 0 Å². The van der Waals surface area contributed by atoms with E-state index in [1.54, 1.807) is 12.2 Å². The molecule has 0 fully saturated rings. The van der Waals surface area contributed by atoms with Crippen molar-refractivity contribution < 1.29 is 4.79 Å². The van der Waals surface area contributed by atoms with Gasteiger partial charge in [0.15, 0.2) is 5.13 Å². The number of carbonyl (C=O) groups is 1. The molecule has 1 N–H and O–H groups in total. The van der Waals surface area contributed by atoms with Crippen LogP contribution in [0.1, 0.15) is 6.92 Å². The molecule has 2 aromatic rings. The zero-order chi connectivity index (χ0) is 14.4. The molecule has 1 heterocycles. The van der Waals surface area contributed by atoms with Gasteiger partial charge in [0.1, 0.15) is 0 Å². The molecule has 0 unspecified atom stereocenters. The van der Waals surface area contributed by atoms with Crippen molar-refractivity contribution in [2.75, 3.05) is 5.32 Å². The van der Waals surface area contributed by atoms with Gasteiger partial charge in [0.25, 0.3) is 0 Å². The summed E-state index contributed by atoms with van der Waals surface area (Å²) in [6, 6.07) is 7.89. The van der Waals surface area contributed by atoms with E-state index in [4.69, 9.17) is 0 Å². The highest BCUT2D eigenvalue weighted by atomic mass is 79.9. The lowest BCUT2D eigenvalue weighted by Crippen LogP contribution is -2.07. The Morgan fingerprint density at radius 2 is 2.25 bits per heavy atom. The van der Waals surface area contributed by atoms with Gasteiger partial charge in [-0.2, -0.15) is 0 Å². The van der Waals surface area contributed by atoms with Crippen LogP contribution in [0.4, 0.5) is 5.13 Å². The molecule has 0 bridgehead atoms. The van der Waals surface area contributed by atoms with Crippen LogP contribution in [-0.4, -0.2) is 10.9 Å². The molecule has 102 valence electrons. The number of rotatable bonds is 4.